The van der Waals surface area contributed by atoms with Crippen LogP contribution in [0.5, 0.6) is 0 Å². The molecule has 2 aliphatic rings. The number of imidazole rings is 1. The highest BCUT2D eigenvalue weighted by Gasteiger charge is 2.33. The minimum Gasteiger partial charge on any atom is -0.479 e. The molecular formula is C23H21N3O4. The second-order valence-corrected chi connectivity index (χ2v) is 7.70. The lowest BCUT2D eigenvalue weighted by atomic mass is 9.98. The van der Waals surface area contributed by atoms with Crippen molar-refractivity contribution in [3.63, 3.8) is 0 Å². The number of fused-ring (bicyclic) bond motifs is 3. The van der Waals surface area contributed by atoms with Gasteiger partial charge in [-0.3, -0.25) is 0 Å². The number of rotatable bonds is 6. The predicted octanol–water partition coefficient (Wildman–Crippen LogP) is 3.88. The van der Waals surface area contributed by atoms with Gasteiger partial charge in [-0.25, -0.2) is 14.6 Å². The third kappa shape index (κ3) is 3.22. The summed E-state index contributed by atoms with van der Waals surface area (Å²) in [5.41, 5.74) is 4.94. The second kappa shape index (κ2) is 7.33. The largest absolute Gasteiger partial charge is 0.479 e. The smallest absolute Gasteiger partial charge is 0.408 e. The summed E-state index contributed by atoms with van der Waals surface area (Å²) >= 11 is 0. The van der Waals surface area contributed by atoms with Gasteiger partial charge in [-0.15, -0.1) is 0 Å². The number of carbonyl (C=O) groups excluding carboxylic acids is 1. The van der Waals surface area contributed by atoms with E-state index in [9.17, 15) is 14.7 Å². The molecule has 2 N–H and O–H groups in total. The van der Waals surface area contributed by atoms with Crippen LogP contribution in [0.3, 0.4) is 0 Å². The molecule has 7 heteroatoms. The summed E-state index contributed by atoms with van der Waals surface area (Å²) in [7, 11) is 0. The van der Waals surface area contributed by atoms with E-state index in [1.165, 1.54) is 6.20 Å². The fourth-order valence-corrected chi connectivity index (χ4v) is 4.22. The maximum atomic E-state index is 12.5. The minimum absolute atomic E-state index is 0.0802. The minimum atomic E-state index is -1.20. The number of benzene rings is 2. The third-order valence-corrected chi connectivity index (χ3v) is 5.78. The summed E-state index contributed by atoms with van der Waals surface area (Å²) in [6.45, 7) is 0.133. The Balaban J connectivity index is 1.31. The molecule has 0 radical (unpaired) electrons. The van der Waals surface area contributed by atoms with Crippen molar-refractivity contribution in [2.45, 2.75) is 30.8 Å². The molecule has 0 aliphatic heterocycles. The molecule has 0 saturated heterocycles. The number of aliphatic carboxylic acids is 1. The molecule has 1 unspecified atom stereocenters. The molecule has 1 fully saturated rings. The van der Waals surface area contributed by atoms with Gasteiger partial charge in [0.15, 0.2) is 6.04 Å². The average molecular weight is 403 g/mol. The molecule has 2 aliphatic carbocycles. The fourth-order valence-electron chi connectivity index (χ4n) is 4.22. The van der Waals surface area contributed by atoms with Gasteiger partial charge in [0.2, 0.25) is 0 Å². The molecule has 2 aromatic carbocycles. The summed E-state index contributed by atoms with van der Waals surface area (Å²) < 4.78 is 7.31. The highest BCUT2D eigenvalue weighted by Crippen LogP contribution is 2.44. The Hall–Kier alpha value is -3.61. The van der Waals surface area contributed by atoms with Crippen molar-refractivity contribution >= 4 is 12.1 Å². The molecule has 152 valence electrons. The van der Waals surface area contributed by atoms with Gasteiger partial charge in [0.1, 0.15) is 6.61 Å². The molecule has 1 heterocycles. The van der Waals surface area contributed by atoms with E-state index in [-0.39, 0.29) is 18.6 Å². The van der Waals surface area contributed by atoms with Gasteiger partial charge in [-0.1, -0.05) is 48.5 Å². The van der Waals surface area contributed by atoms with Crippen molar-refractivity contribution < 1.29 is 19.4 Å². The molecule has 3 aromatic rings. The van der Waals surface area contributed by atoms with Gasteiger partial charge in [0, 0.05) is 12.0 Å². The van der Waals surface area contributed by atoms with E-state index < -0.39 is 18.1 Å². The van der Waals surface area contributed by atoms with Crippen LogP contribution in [0.4, 0.5) is 4.79 Å². The summed E-state index contributed by atoms with van der Waals surface area (Å²) in [5.74, 6) is -1.23. The van der Waals surface area contributed by atoms with Crippen LogP contribution < -0.4 is 5.32 Å². The molecule has 0 bridgehead atoms. The van der Waals surface area contributed by atoms with Crippen LogP contribution in [0.25, 0.3) is 11.1 Å². The van der Waals surface area contributed by atoms with E-state index in [4.69, 9.17) is 4.74 Å². The Morgan fingerprint density at radius 3 is 2.33 bits per heavy atom. The number of hydrogen-bond acceptors (Lipinski definition) is 4. The molecular weight excluding hydrogens is 382 g/mol. The molecule has 7 nitrogen and oxygen atoms in total. The molecule has 0 spiro atoms. The van der Waals surface area contributed by atoms with Crippen molar-refractivity contribution in [2.24, 2.45) is 0 Å². The normalized spacial score (nSPS) is 15.9. The molecule has 1 atom stereocenters. The average Bonchev–Trinajstić information content (AvgIpc) is 3.40. The van der Waals surface area contributed by atoms with Crippen molar-refractivity contribution in [1.29, 1.82) is 0 Å². The number of nitrogens with zero attached hydrogens (tertiary/aromatic N) is 2. The molecule has 1 amide bonds. The van der Waals surface area contributed by atoms with Gasteiger partial charge >= 0.3 is 12.1 Å². The van der Waals surface area contributed by atoms with Crippen molar-refractivity contribution in [1.82, 2.24) is 14.9 Å². The maximum absolute atomic E-state index is 12.5. The lowest BCUT2D eigenvalue weighted by Gasteiger charge is -2.18. The van der Waals surface area contributed by atoms with E-state index >= 15 is 0 Å². The second-order valence-electron chi connectivity index (χ2n) is 7.70. The van der Waals surface area contributed by atoms with Gasteiger partial charge in [-0.05, 0) is 35.1 Å². The number of hydrogen-bond donors (Lipinski definition) is 2. The lowest BCUT2D eigenvalue weighted by molar-refractivity contribution is -0.139. The Labute approximate surface area is 173 Å². The van der Waals surface area contributed by atoms with E-state index in [2.05, 4.69) is 22.4 Å². The van der Waals surface area contributed by atoms with Crippen LogP contribution >= 0.6 is 0 Å². The Bertz CT molecular complexity index is 1070. The van der Waals surface area contributed by atoms with Crippen molar-refractivity contribution in [3.8, 4) is 11.1 Å². The number of alkyl carbamates (subject to hydrolysis) is 1. The quantitative estimate of drug-likeness (QED) is 0.651. The van der Waals surface area contributed by atoms with Crippen molar-refractivity contribution in [2.75, 3.05) is 6.61 Å². The standard InChI is InChI=1S/C23H21N3O4/c27-22(28)21(20-11-24-13-26(20)14-9-10-14)25-23(29)30-12-19-17-7-3-1-5-15(17)16-6-2-4-8-18(16)19/h1-8,11,13-14,19,21H,9-10,12H2,(H,25,29)(H,27,28). The number of carboxylic acids is 1. The summed E-state index contributed by atoms with van der Waals surface area (Å²) in [6.07, 6.45) is 4.32. The monoisotopic (exact) mass is 403 g/mol. The third-order valence-electron chi connectivity index (χ3n) is 5.78. The fraction of sp³-hybridized carbons (Fsp3) is 0.261. The molecule has 5 rings (SSSR count). The van der Waals surface area contributed by atoms with Gasteiger partial charge in [0.25, 0.3) is 0 Å². The summed E-state index contributed by atoms with van der Waals surface area (Å²) in [6, 6.07) is 15.2. The maximum Gasteiger partial charge on any atom is 0.408 e. The summed E-state index contributed by atoms with van der Waals surface area (Å²) in [4.78, 5) is 28.4. The topological polar surface area (TPSA) is 93.5 Å². The van der Waals surface area contributed by atoms with Gasteiger partial charge in [0.05, 0.1) is 18.2 Å². The molecule has 30 heavy (non-hydrogen) atoms. The van der Waals surface area contributed by atoms with Crippen LogP contribution in [-0.4, -0.2) is 33.3 Å². The highest BCUT2D eigenvalue weighted by atomic mass is 16.5. The number of nitrogens with one attached hydrogen (secondary N) is 1. The van der Waals surface area contributed by atoms with Crippen LogP contribution in [0, 0.1) is 0 Å². The molecule has 1 saturated carbocycles. The van der Waals surface area contributed by atoms with E-state index in [1.807, 2.05) is 41.0 Å². The Morgan fingerprint density at radius 2 is 1.73 bits per heavy atom. The van der Waals surface area contributed by atoms with Crippen LogP contribution in [0.1, 0.15) is 47.7 Å². The number of ether oxygens (including phenoxy) is 1. The highest BCUT2D eigenvalue weighted by molar-refractivity contribution is 5.81. The number of carboxylic acid groups (broad SMARTS) is 1. The van der Waals surface area contributed by atoms with Gasteiger partial charge in [-0.2, -0.15) is 0 Å². The van der Waals surface area contributed by atoms with Crippen LogP contribution in [0.2, 0.25) is 0 Å². The molecule has 1 aromatic heterocycles. The Kier molecular flexibility index (Phi) is 4.50. The van der Waals surface area contributed by atoms with Crippen molar-refractivity contribution in [3.05, 3.63) is 77.9 Å². The SMILES string of the molecule is O=C(NC(C(=O)O)c1cncn1C1CC1)OCC1c2ccccc2-c2ccccc21. The summed E-state index contributed by atoms with van der Waals surface area (Å²) in [5, 5.41) is 12.1. The Morgan fingerprint density at radius 1 is 1.10 bits per heavy atom. The van der Waals surface area contributed by atoms with Gasteiger partial charge < -0.3 is 19.7 Å². The first kappa shape index (κ1) is 18.4. The number of carbonyl (C=O) groups is 2. The van der Waals surface area contributed by atoms with Crippen LogP contribution in [-0.2, 0) is 9.53 Å². The lowest BCUT2D eigenvalue weighted by Crippen LogP contribution is -2.36. The first-order valence-electron chi connectivity index (χ1n) is 9.99. The first-order valence-corrected chi connectivity index (χ1v) is 9.99. The van der Waals surface area contributed by atoms with E-state index in [1.54, 1.807) is 6.33 Å². The number of amides is 1. The first-order chi connectivity index (χ1) is 14.6. The zero-order chi connectivity index (χ0) is 20.7. The zero-order valence-corrected chi connectivity index (χ0v) is 16.2. The van der Waals surface area contributed by atoms with Crippen LogP contribution in [0.15, 0.2) is 61.1 Å². The van der Waals surface area contributed by atoms with E-state index in [0.717, 1.165) is 35.1 Å². The zero-order valence-electron chi connectivity index (χ0n) is 16.2. The predicted molar refractivity (Wildman–Crippen MR) is 109 cm³/mol. The van der Waals surface area contributed by atoms with E-state index in [0.29, 0.717) is 5.69 Å². The number of aromatic nitrogens is 2.